The molecular weight excluding hydrogens is 538 g/mol. The van der Waals surface area contributed by atoms with Crippen LogP contribution in [0.2, 0.25) is 0 Å². The van der Waals surface area contributed by atoms with Gasteiger partial charge in [-0.3, -0.25) is 9.59 Å². The first kappa shape index (κ1) is 25.4. The van der Waals surface area contributed by atoms with Crippen LogP contribution in [0.3, 0.4) is 0 Å². The highest BCUT2D eigenvalue weighted by molar-refractivity contribution is 7.11. The second-order valence-electron chi connectivity index (χ2n) is 9.34. The van der Waals surface area contributed by atoms with Gasteiger partial charge in [0.15, 0.2) is 28.5 Å². The van der Waals surface area contributed by atoms with Crippen molar-refractivity contribution in [2.24, 2.45) is 0 Å². The Kier molecular flexibility index (Phi) is 6.34. The molecule has 2 aromatic heterocycles. The molecule has 0 spiro atoms. The van der Waals surface area contributed by atoms with Gasteiger partial charge in [0, 0.05) is 19.3 Å². The molecule has 4 heterocycles. The Labute approximate surface area is 222 Å². The number of likely N-dealkylation sites (tertiary alicyclic amines) is 1. The average molecular weight is 560 g/mol. The molecule has 0 amide bonds. The number of benzene rings is 2. The molecule has 0 atom stereocenters. The molecule has 0 bridgehead atoms. The monoisotopic (exact) mass is 559 g/mol. The first-order chi connectivity index (χ1) is 18.7. The van der Waals surface area contributed by atoms with E-state index in [0.717, 1.165) is 38.5 Å². The maximum Gasteiger partial charge on any atom is 0.445 e. The zero-order valence-corrected chi connectivity index (χ0v) is 21.2. The molecule has 202 valence electrons. The second kappa shape index (κ2) is 9.72. The van der Waals surface area contributed by atoms with Crippen molar-refractivity contribution in [1.82, 2.24) is 19.7 Å². The van der Waals surface area contributed by atoms with Gasteiger partial charge < -0.3 is 19.5 Å². The molecule has 4 aromatic rings. The molecule has 8 nitrogen and oxygen atoms in total. The SMILES string of the molecule is O=C(Cc1nnc(C(F)(F)F)s1)c1cn2c3c(c(NCCN4CCCC4)c(F)cc3c1=O)Oc1ccccc1-2. The molecule has 1 N–H and O–H groups in total. The Balaban J connectivity index is 1.42. The Morgan fingerprint density at radius 1 is 1.15 bits per heavy atom. The number of pyridine rings is 1. The highest BCUT2D eigenvalue weighted by Gasteiger charge is 2.36. The number of ether oxygens (including phenoxy) is 1. The van der Waals surface area contributed by atoms with Gasteiger partial charge in [0.2, 0.25) is 5.01 Å². The van der Waals surface area contributed by atoms with Crippen LogP contribution in [0, 0.1) is 5.82 Å². The number of nitrogens with one attached hydrogen (secondary N) is 1. The number of nitrogens with zero attached hydrogens (tertiary/aromatic N) is 4. The minimum atomic E-state index is -4.69. The fourth-order valence-corrected chi connectivity index (χ4v) is 5.65. The van der Waals surface area contributed by atoms with Gasteiger partial charge in [0.05, 0.1) is 23.1 Å². The van der Waals surface area contributed by atoms with Crippen LogP contribution >= 0.6 is 11.3 Å². The fraction of sp³-hybridized carbons (Fsp3) is 0.308. The normalized spacial score (nSPS) is 14.9. The van der Waals surface area contributed by atoms with E-state index >= 15 is 4.39 Å². The van der Waals surface area contributed by atoms with Crippen molar-refractivity contribution in [3.63, 3.8) is 0 Å². The van der Waals surface area contributed by atoms with E-state index < -0.39 is 34.6 Å². The first-order valence-corrected chi connectivity index (χ1v) is 13.1. The number of aromatic nitrogens is 3. The molecule has 1 fully saturated rings. The molecule has 1 saturated heterocycles. The van der Waals surface area contributed by atoms with Gasteiger partial charge in [-0.2, -0.15) is 13.2 Å². The zero-order chi connectivity index (χ0) is 27.3. The molecule has 13 heteroatoms. The van der Waals surface area contributed by atoms with Crippen LogP contribution in [-0.4, -0.2) is 51.6 Å². The Morgan fingerprint density at radius 2 is 1.92 bits per heavy atom. The summed E-state index contributed by atoms with van der Waals surface area (Å²) in [5.74, 6) is -0.958. The number of rotatable bonds is 7. The lowest BCUT2D eigenvalue weighted by molar-refractivity contribution is -0.138. The van der Waals surface area contributed by atoms with E-state index in [-0.39, 0.29) is 44.2 Å². The minimum Gasteiger partial charge on any atom is -0.451 e. The lowest BCUT2D eigenvalue weighted by Crippen LogP contribution is -2.26. The van der Waals surface area contributed by atoms with Crippen LogP contribution < -0.4 is 15.5 Å². The van der Waals surface area contributed by atoms with Crippen molar-refractivity contribution in [3.8, 4) is 17.2 Å². The van der Waals surface area contributed by atoms with Crippen molar-refractivity contribution in [1.29, 1.82) is 0 Å². The van der Waals surface area contributed by atoms with E-state index in [4.69, 9.17) is 4.74 Å². The summed E-state index contributed by atoms with van der Waals surface area (Å²) >= 11 is 0.237. The number of hydrogen-bond donors (Lipinski definition) is 1. The van der Waals surface area contributed by atoms with E-state index in [1.165, 1.54) is 6.20 Å². The number of hydrogen-bond acceptors (Lipinski definition) is 8. The molecular formula is C26H21F4N5O3S. The van der Waals surface area contributed by atoms with E-state index in [2.05, 4.69) is 20.4 Å². The largest absolute Gasteiger partial charge is 0.451 e. The number of para-hydroxylation sites is 2. The average Bonchev–Trinajstić information content (AvgIpc) is 3.59. The Hall–Kier alpha value is -3.84. The molecule has 0 aliphatic carbocycles. The van der Waals surface area contributed by atoms with Crippen LogP contribution in [-0.2, 0) is 12.6 Å². The number of fused-ring (bicyclic) bond motifs is 2. The standard InChI is InChI=1S/C26H21F4N5O3S/c27-16-11-14-22-24(21(16)31-7-10-34-8-3-4-9-34)38-19-6-2-1-5-17(19)35(22)13-15(23(14)37)18(36)12-20-32-33-25(39-20)26(28,29)30/h1-2,5-6,11,13,31H,3-4,7-10,12H2. The maximum atomic E-state index is 15.5. The number of carbonyl (C=O) groups is 1. The van der Waals surface area contributed by atoms with E-state index in [0.29, 0.717) is 18.0 Å². The summed E-state index contributed by atoms with van der Waals surface area (Å²) in [7, 11) is 0. The highest BCUT2D eigenvalue weighted by atomic mass is 32.1. The van der Waals surface area contributed by atoms with E-state index in [1.807, 2.05) is 0 Å². The summed E-state index contributed by atoms with van der Waals surface area (Å²) in [6, 6.07) is 7.96. The summed E-state index contributed by atoms with van der Waals surface area (Å²) < 4.78 is 61.9. The smallest absolute Gasteiger partial charge is 0.445 e. The van der Waals surface area contributed by atoms with E-state index in [1.54, 1.807) is 28.8 Å². The van der Waals surface area contributed by atoms with Gasteiger partial charge >= 0.3 is 6.18 Å². The van der Waals surface area contributed by atoms with Crippen molar-refractivity contribution in [3.05, 3.63) is 68.1 Å². The van der Waals surface area contributed by atoms with Crippen molar-refractivity contribution in [2.75, 3.05) is 31.5 Å². The van der Waals surface area contributed by atoms with Gasteiger partial charge in [0.1, 0.15) is 16.2 Å². The quantitative estimate of drug-likeness (QED) is 0.221. The van der Waals surface area contributed by atoms with Crippen LogP contribution in [0.5, 0.6) is 11.5 Å². The summed E-state index contributed by atoms with van der Waals surface area (Å²) in [6.45, 7) is 3.16. The number of halogens is 4. The van der Waals surface area contributed by atoms with Crippen molar-refractivity contribution >= 4 is 33.7 Å². The third kappa shape index (κ3) is 4.65. The van der Waals surface area contributed by atoms with E-state index in [9.17, 15) is 22.8 Å². The summed E-state index contributed by atoms with van der Waals surface area (Å²) in [5.41, 5.74) is -0.136. The van der Waals surface area contributed by atoms with Gasteiger partial charge in [-0.05, 0) is 44.1 Å². The molecule has 2 aliphatic heterocycles. The Bertz CT molecular complexity index is 1660. The predicted molar refractivity (Wildman–Crippen MR) is 137 cm³/mol. The second-order valence-corrected chi connectivity index (χ2v) is 10.4. The molecule has 0 unspecified atom stereocenters. The predicted octanol–water partition coefficient (Wildman–Crippen LogP) is 5.04. The summed E-state index contributed by atoms with van der Waals surface area (Å²) in [6.07, 6.45) is -1.66. The van der Waals surface area contributed by atoms with Gasteiger partial charge in [0.25, 0.3) is 0 Å². The lowest BCUT2D eigenvalue weighted by atomic mass is 10.0. The molecule has 39 heavy (non-hydrogen) atoms. The summed E-state index contributed by atoms with van der Waals surface area (Å²) in [5, 5.41) is 8.22. The van der Waals surface area contributed by atoms with Crippen LogP contribution in [0.25, 0.3) is 16.6 Å². The number of carbonyl (C=O) groups excluding carboxylic acids is 1. The third-order valence-electron chi connectivity index (χ3n) is 6.78. The van der Waals surface area contributed by atoms with Gasteiger partial charge in [-0.15, -0.1) is 10.2 Å². The van der Waals surface area contributed by atoms with Gasteiger partial charge in [-0.1, -0.05) is 23.5 Å². The summed E-state index contributed by atoms with van der Waals surface area (Å²) in [4.78, 5) is 28.9. The maximum absolute atomic E-state index is 15.5. The van der Waals surface area contributed by atoms with Crippen LogP contribution in [0.1, 0.15) is 33.2 Å². The molecule has 2 aromatic carbocycles. The van der Waals surface area contributed by atoms with Crippen molar-refractivity contribution in [2.45, 2.75) is 25.4 Å². The number of anilines is 1. The fourth-order valence-electron chi connectivity index (χ4n) is 4.95. The highest BCUT2D eigenvalue weighted by Crippen LogP contribution is 2.45. The van der Waals surface area contributed by atoms with Crippen LogP contribution in [0.15, 0.2) is 41.3 Å². The number of ketones is 1. The lowest BCUT2D eigenvalue weighted by Gasteiger charge is -2.26. The number of alkyl halides is 3. The molecule has 6 rings (SSSR count). The Morgan fingerprint density at radius 3 is 2.67 bits per heavy atom. The molecule has 0 saturated carbocycles. The zero-order valence-electron chi connectivity index (χ0n) is 20.3. The first-order valence-electron chi connectivity index (χ1n) is 12.3. The van der Waals surface area contributed by atoms with Crippen molar-refractivity contribution < 1.29 is 27.1 Å². The minimum absolute atomic E-state index is 0.0822. The van der Waals surface area contributed by atoms with Crippen LogP contribution in [0.4, 0.5) is 23.2 Å². The van der Waals surface area contributed by atoms with Gasteiger partial charge in [-0.25, -0.2) is 4.39 Å². The molecule has 2 aliphatic rings. The topological polar surface area (TPSA) is 89.4 Å². The number of Topliss-reactive ketones (excluding diaryl/α,β-unsaturated/α-hetero) is 1. The molecule has 0 radical (unpaired) electrons. The third-order valence-corrected chi connectivity index (χ3v) is 7.75.